The maximum atomic E-state index is 12.4. The second kappa shape index (κ2) is 6.64. The number of nitrogens with zero attached hydrogens (tertiary/aromatic N) is 1. The Morgan fingerprint density at radius 2 is 2.29 bits per heavy atom. The van der Waals surface area contributed by atoms with Gasteiger partial charge in [-0.05, 0) is 31.1 Å². The SMILES string of the molecule is CCCNc1nc(N)c(C(=O)NC2CCCC(C)(C)C2)s1. The summed E-state index contributed by atoms with van der Waals surface area (Å²) in [5, 5.41) is 7.02. The van der Waals surface area contributed by atoms with E-state index in [9.17, 15) is 4.79 Å². The standard InChI is InChI=1S/C15H26N4OS/c1-4-8-17-14-19-12(16)11(21-14)13(20)18-10-6-5-7-15(2,3)9-10/h10H,4-9,16H2,1-3H3,(H,17,19)(H,18,20). The monoisotopic (exact) mass is 310 g/mol. The molecule has 1 aliphatic carbocycles. The lowest BCUT2D eigenvalue weighted by Gasteiger charge is -2.35. The van der Waals surface area contributed by atoms with E-state index in [1.54, 1.807) is 0 Å². The number of rotatable bonds is 5. The molecule has 1 heterocycles. The first-order chi connectivity index (χ1) is 9.91. The maximum Gasteiger partial charge on any atom is 0.265 e. The molecular weight excluding hydrogens is 284 g/mol. The van der Waals surface area contributed by atoms with Gasteiger partial charge in [0, 0.05) is 12.6 Å². The van der Waals surface area contributed by atoms with Crippen LogP contribution in [0.3, 0.4) is 0 Å². The minimum Gasteiger partial charge on any atom is -0.382 e. The molecule has 0 saturated heterocycles. The van der Waals surface area contributed by atoms with Crippen LogP contribution in [0.15, 0.2) is 0 Å². The molecule has 0 aromatic carbocycles. The molecular formula is C15H26N4OS. The summed E-state index contributed by atoms with van der Waals surface area (Å²) in [7, 11) is 0. The molecule has 1 amide bonds. The predicted molar refractivity (Wildman–Crippen MR) is 88.8 cm³/mol. The normalized spacial score (nSPS) is 21.0. The van der Waals surface area contributed by atoms with Crippen LogP contribution in [0.2, 0.25) is 0 Å². The molecule has 1 aliphatic rings. The number of carbonyl (C=O) groups excluding carboxylic acids is 1. The Morgan fingerprint density at radius 1 is 1.52 bits per heavy atom. The minimum atomic E-state index is -0.0859. The van der Waals surface area contributed by atoms with Gasteiger partial charge in [0.15, 0.2) is 5.13 Å². The summed E-state index contributed by atoms with van der Waals surface area (Å²) in [4.78, 5) is 17.1. The highest BCUT2D eigenvalue weighted by atomic mass is 32.1. The third kappa shape index (κ3) is 4.33. The fourth-order valence-corrected chi connectivity index (χ4v) is 3.69. The summed E-state index contributed by atoms with van der Waals surface area (Å²) in [6.45, 7) is 7.45. The molecule has 0 radical (unpaired) electrons. The molecule has 2 rings (SSSR count). The molecule has 6 heteroatoms. The van der Waals surface area contributed by atoms with Gasteiger partial charge < -0.3 is 16.4 Å². The Kier molecular flexibility index (Phi) is 5.08. The highest BCUT2D eigenvalue weighted by Crippen LogP contribution is 2.35. The molecule has 0 aliphatic heterocycles. The summed E-state index contributed by atoms with van der Waals surface area (Å²) in [5.41, 5.74) is 6.18. The molecule has 4 N–H and O–H groups in total. The lowest BCUT2D eigenvalue weighted by molar-refractivity contribution is 0.0907. The van der Waals surface area contributed by atoms with E-state index in [4.69, 9.17) is 5.73 Å². The van der Waals surface area contributed by atoms with Gasteiger partial charge in [-0.1, -0.05) is 38.5 Å². The first kappa shape index (κ1) is 16.1. The van der Waals surface area contributed by atoms with Crippen LogP contribution in [0.1, 0.15) is 62.5 Å². The number of hydrogen-bond acceptors (Lipinski definition) is 5. The summed E-state index contributed by atoms with van der Waals surface area (Å²) in [6, 6.07) is 0.245. The van der Waals surface area contributed by atoms with Crippen molar-refractivity contribution in [3.05, 3.63) is 4.88 Å². The van der Waals surface area contributed by atoms with Crippen molar-refractivity contribution in [3.8, 4) is 0 Å². The van der Waals surface area contributed by atoms with Crippen LogP contribution in [0.25, 0.3) is 0 Å². The van der Waals surface area contributed by atoms with E-state index >= 15 is 0 Å². The van der Waals surface area contributed by atoms with Crippen LogP contribution < -0.4 is 16.4 Å². The quantitative estimate of drug-likeness (QED) is 0.780. The van der Waals surface area contributed by atoms with E-state index in [0.29, 0.717) is 16.1 Å². The number of nitrogens with two attached hydrogens (primary N) is 1. The van der Waals surface area contributed by atoms with Gasteiger partial charge in [-0.15, -0.1) is 0 Å². The zero-order valence-corrected chi connectivity index (χ0v) is 14.0. The Bertz CT molecular complexity index is 498. The highest BCUT2D eigenvalue weighted by Gasteiger charge is 2.29. The van der Waals surface area contributed by atoms with Crippen LogP contribution in [0, 0.1) is 5.41 Å². The van der Waals surface area contributed by atoms with Gasteiger partial charge >= 0.3 is 0 Å². The number of nitrogens with one attached hydrogen (secondary N) is 2. The van der Waals surface area contributed by atoms with Crippen LogP contribution in [-0.2, 0) is 0 Å². The van der Waals surface area contributed by atoms with Crippen molar-refractivity contribution in [1.29, 1.82) is 0 Å². The Labute approximate surface area is 130 Å². The second-order valence-corrected chi connectivity index (χ2v) is 7.59. The van der Waals surface area contributed by atoms with E-state index in [-0.39, 0.29) is 11.9 Å². The lowest BCUT2D eigenvalue weighted by Crippen LogP contribution is -2.40. The molecule has 0 bridgehead atoms. The van der Waals surface area contributed by atoms with E-state index < -0.39 is 0 Å². The fourth-order valence-electron chi connectivity index (χ4n) is 2.87. The average Bonchev–Trinajstić information content (AvgIpc) is 2.76. The Morgan fingerprint density at radius 3 is 2.95 bits per heavy atom. The van der Waals surface area contributed by atoms with Crippen molar-refractivity contribution in [1.82, 2.24) is 10.3 Å². The Balaban J connectivity index is 1.98. The molecule has 21 heavy (non-hydrogen) atoms. The summed E-state index contributed by atoms with van der Waals surface area (Å²) < 4.78 is 0. The Hall–Kier alpha value is -1.30. The lowest BCUT2D eigenvalue weighted by atomic mass is 9.75. The molecule has 0 spiro atoms. The first-order valence-corrected chi connectivity index (χ1v) is 8.54. The number of aromatic nitrogens is 1. The topological polar surface area (TPSA) is 80.0 Å². The van der Waals surface area contributed by atoms with E-state index in [2.05, 4.69) is 36.4 Å². The van der Waals surface area contributed by atoms with Crippen LogP contribution in [-0.4, -0.2) is 23.5 Å². The van der Waals surface area contributed by atoms with Crippen LogP contribution in [0.5, 0.6) is 0 Å². The smallest absolute Gasteiger partial charge is 0.265 e. The number of thiazole rings is 1. The molecule has 1 saturated carbocycles. The predicted octanol–water partition coefficient (Wildman–Crippen LogP) is 3.25. The van der Waals surface area contributed by atoms with Gasteiger partial charge in [0.05, 0.1) is 0 Å². The van der Waals surface area contributed by atoms with E-state index in [0.717, 1.165) is 30.9 Å². The molecule has 1 aromatic heterocycles. The van der Waals surface area contributed by atoms with E-state index in [1.807, 2.05) is 0 Å². The fraction of sp³-hybridized carbons (Fsp3) is 0.733. The maximum absolute atomic E-state index is 12.4. The van der Waals surface area contributed by atoms with Crippen molar-refractivity contribution < 1.29 is 4.79 Å². The van der Waals surface area contributed by atoms with Gasteiger partial charge in [0.2, 0.25) is 0 Å². The molecule has 118 valence electrons. The van der Waals surface area contributed by atoms with Crippen molar-refractivity contribution in [2.75, 3.05) is 17.6 Å². The number of amides is 1. The highest BCUT2D eigenvalue weighted by molar-refractivity contribution is 7.18. The van der Waals surface area contributed by atoms with Gasteiger partial charge in [-0.25, -0.2) is 4.98 Å². The van der Waals surface area contributed by atoms with Crippen molar-refractivity contribution in [3.63, 3.8) is 0 Å². The van der Waals surface area contributed by atoms with Gasteiger partial charge in [0.25, 0.3) is 5.91 Å². The summed E-state index contributed by atoms with van der Waals surface area (Å²) >= 11 is 1.34. The van der Waals surface area contributed by atoms with Gasteiger partial charge in [-0.2, -0.15) is 0 Å². The molecule has 1 unspecified atom stereocenters. The molecule has 1 aromatic rings. The third-order valence-corrected chi connectivity index (χ3v) is 4.95. The molecule has 1 fully saturated rings. The zero-order chi connectivity index (χ0) is 15.5. The average molecular weight is 310 g/mol. The number of nitrogen functional groups attached to an aromatic ring is 1. The minimum absolute atomic E-state index is 0.0859. The van der Waals surface area contributed by atoms with Crippen molar-refractivity contribution >= 4 is 28.2 Å². The van der Waals surface area contributed by atoms with E-state index in [1.165, 1.54) is 24.2 Å². The third-order valence-electron chi connectivity index (χ3n) is 3.93. The van der Waals surface area contributed by atoms with Crippen LogP contribution in [0.4, 0.5) is 10.9 Å². The molecule has 1 atom stereocenters. The van der Waals surface area contributed by atoms with Gasteiger partial charge in [0.1, 0.15) is 10.7 Å². The zero-order valence-electron chi connectivity index (χ0n) is 13.2. The van der Waals surface area contributed by atoms with Crippen molar-refractivity contribution in [2.24, 2.45) is 5.41 Å². The second-order valence-electron chi connectivity index (χ2n) is 6.59. The van der Waals surface area contributed by atoms with Crippen molar-refractivity contribution in [2.45, 2.75) is 58.9 Å². The summed E-state index contributed by atoms with van der Waals surface area (Å²) in [5.74, 6) is 0.239. The molecule has 5 nitrogen and oxygen atoms in total. The number of hydrogen-bond donors (Lipinski definition) is 3. The van der Waals surface area contributed by atoms with Gasteiger partial charge in [-0.3, -0.25) is 4.79 Å². The van der Waals surface area contributed by atoms with Crippen LogP contribution >= 0.6 is 11.3 Å². The first-order valence-electron chi connectivity index (χ1n) is 7.72. The summed E-state index contributed by atoms with van der Waals surface area (Å²) in [6.07, 6.45) is 5.48. The number of carbonyl (C=O) groups is 1. The largest absolute Gasteiger partial charge is 0.382 e. The number of anilines is 2.